The average molecular weight is 501 g/mol. The minimum absolute atomic E-state index is 0.0144. The molecule has 0 aliphatic heterocycles. The van der Waals surface area contributed by atoms with E-state index in [1.807, 2.05) is 4.57 Å². The number of alkyl halides is 6. The highest BCUT2D eigenvalue weighted by atomic mass is 19.4. The van der Waals surface area contributed by atoms with E-state index in [1.165, 1.54) is 19.1 Å². The van der Waals surface area contributed by atoms with Crippen LogP contribution in [0.3, 0.4) is 0 Å². The first-order valence-corrected chi connectivity index (χ1v) is 11.0. The lowest BCUT2D eigenvalue weighted by Crippen LogP contribution is -2.32. The lowest BCUT2D eigenvalue weighted by atomic mass is 9.78. The van der Waals surface area contributed by atoms with Gasteiger partial charge >= 0.3 is 12.4 Å². The molecule has 4 rings (SSSR count). The van der Waals surface area contributed by atoms with E-state index in [9.17, 15) is 30.7 Å². The molecule has 0 bridgehead atoms. The number of benzene rings is 2. The van der Waals surface area contributed by atoms with E-state index >= 15 is 0 Å². The minimum atomic E-state index is -4.94. The van der Waals surface area contributed by atoms with Gasteiger partial charge in [-0.25, -0.2) is 4.39 Å². The molecule has 1 aliphatic rings. The van der Waals surface area contributed by atoms with E-state index in [-0.39, 0.29) is 23.6 Å². The summed E-state index contributed by atoms with van der Waals surface area (Å²) in [7, 11) is 0. The Morgan fingerprint density at radius 1 is 0.886 bits per heavy atom. The van der Waals surface area contributed by atoms with E-state index in [0.29, 0.717) is 31.4 Å². The summed E-state index contributed by atoms with van der Waals surface area (Å²) in [5.41, 5.74) is -2.22. The van der Waals surface area contributed by atoms with E-state index in [4.69, 9.17) is 4.74 Å². The number of rotatable bonds is 5. The molecule has 1 heterocycles. The summed E-state index contributed by atoms with van der Waals surface area (Å²) in [4.78, 5) is 0. The largest absolute Gasteiger partial charge is 0.416 e. The van der Waals surface area contributed by atoms with Gasteiger partial charge in [0.15, 0.2) is 0 Å². The molecule has 0 saturated heterocycles. The zero-order valence-corrected chi connectivity index (χ0v) is 18.5. The van der Waals surface area contributed by atoms with Gasteiger partial charge in [0.2, 0.25) is 0 Å². The van der Waals surface area contributed by atoms with Crippen molar-refractivity contribution in [3.63, 3.8) is 0 Å². The molecule has 0 unspecified atom stereocenters. The Hall–Kier alpha value is -2.95. The van der Waals surface area contributed by atoms with Crippen molar-refractivity contribution >= 4 is 0 Å². The van der Waals surface area contributed by atoms with Crippen molar-refractivity contribution < 1.29 is 35.5 Å². The van der Waals surface area contributed by atoms with E-state index < -0.39 is 41.5 Å². The fraction of sp³-hybridized carbons (Fsp3) is 0.417. The van der Waals surface area contributed by atoms with Crippen molar-refractivity contribution in [2.24, 2.45) is 0 Å². The molecule has 0 amide bonds. The number of halogens is 7. The molecule has 2 aromatic carbocycles. The zero-order chi connectivity index (χ0) is 25.4. The second-order valence-corrected chi connectivity index (χ2v) is 8.69. The summed E-state index contributed by atoms with van der Waals surface area (Å²) in [6, 6.07) is 7.33. The third kappa shape index (κ3) is 5.83. The monoisotopic (exact) mass is 501 g/mol. The maximum absolute atomic E-state index is 13.5. The molecule has 4 atom stereocenters. The maximum atomic E-state index is 13.5. The summed E-state index contributed by atoms with van der Waals surface area (Å²) in [5, 5.41) is 7.64. The van der Waals surface area contributed by atoms with Gasteiger partial charge in [0.25, 0.3) is 0 Å². The van der Waals surface area contributed by atoms with Crippen LogP contribution in [-0.4, -0.2) is 20.9 Å². The van der Waals surface area contributed by atoms with Crippen LogP contribution in [0.2, 0.25) is 0 Å². The number of ether oxygens (including phenoxy) is 1. The van der Waals surface area contributed by atoms with Gasteiger partial charge in [-0.2, -0.15) is 26.3 Å². The van der Waals surface area contributed by atoms with Crippen molar-refractivity contribution in [2.75, 3.05) is 0 Å². The smallest absolute Gasteiger partial charge is 0.370 e. The molecule has 3 aromatic rings. The highest BCUT2D eigenvalue weighted by Gasteiger charge is 2.38. The van der Waals surface area contributed by atoms with Crippen molar-refractivity contribution in [2.45, 2.75) is 62.7 Å². The first kappa shape index (κ1) is 25.2. The predicted molar refractivity (Wildman–Crippen MR) is 112 cm³/mol. The molecular weight excluding hydrogens is 479 g/mol. The quantitative estimate of drug-likeness (QED) is 0.350. The van der Waals surface area contributed by atoms with Gasteiger partial charge in [0, 0.05) is 12.0 Å². The van der Waals surface area contributed by atoms with Crippen molar-refractivity contribution in [1.29, 1.82) is 0 Å². The van der Waals surface area contributed by atoms with Gasteiger partial charge in [0.05, 0.1) is 23.3 Å². The highest BCUT2D eigenvalue weighted by Crippen LogP contribution is 2.43. The van der Waals surface area contributed by atoms with Gasteiger partial charge in [-0.1, -0.05) is 12.1 Å². The number of nitrogens with zero attached hydrogens (tertiary/aromatic N) is 3. The van der Waals surface area contributed by atoms with Gasteiger partial charge in [-0.3, -0.25) is 0 Å². The van der Waals surface area contributed by atoms with E-state index in [1.54, 1.807) is 24.8 Å². The van der Waals surface area contributed by atoms with Gasteiger partial charge in [-0.15, -0.1) is 10.2 Å². The number of hydrogen-bond donors (Lipinski definition) is 0. The Balaban J connectivity index is 1.62. The molecule has 1 fully saturated rings. The lowest BCUT2D eigenvalue weighted by Gasteiger charge is -2.38. The van der Waals surface area contributed by atoms with Gasteiger partial charge in [0.1, 0.15) is 18.5 Å². The molecule has 11 heteroatoms. The highest BCUT2D eigenvalue weighted by molar-refractivity contribution is 5.35. The SMILES string of the molecule is C[C@@H](O[C@H]1CC[C@@H](n2cnnc2)C[C@@H]1c1ccc(F)cc1)c1cc(C(F)(F)F)cc(C(F)(F)F)c1. The molecule has 1 aromatic heterocycles. The summed E-state index contributed by atoms with van der Waals surface area (Å²) in [6.07, 6.45) is -6.59. The fourth-order valence-electron chi connectivity index (χ4n) is 4.57. The Labute approximate surface area is 196 Å². The van der Waals surface area contributed by atoms with E-state index in [0.717, 1.165) is 5.56 Å². The van der Waals surface area contributed by atoms with Crippen LogP contribution >= 0.6 is 0 Å². The molecular formula is C24H22F7N3O. The fourth-order valence-corrected chi connectivity index (χ4v) is 4.57. The van der Waals surface area contributed by atoms with Crippen molar-refractivity contribution in [3.8, 4) is 0 Å². The van der Waals surface area contributed by atoms with Crippen LogP contribution in [0, 0.1) is 5.82 Å². The number of aromatic nitrogens is 3. The second kappa shape index (κ2) is 9.60. The number of hydrogen-bond acceptors (Lipinski definition) is 3. The lowest BCUT2D eigenvalue weighted by molar-refractivity contribution is -0.143. The molecule has 0 radical (unpaired) electrons. The molecule has 0 N–H and O–H groups in total. The average Bonchev–Trinajstić information content (AvgIpc) is 3.33. The molecule has 1 saturated carbocycles. The standard InChI is InChI=1S/C24H22F7N3O/c1-14(16-8-17(23(26,27)28)10-18(9-16)24(29,30)31)35-22-7-6-20(34-12-32-33-13-34)11-21(22)15-2-4-19(25)5-3-15/h2-5,8-10,12-14,20-22H,6-7,11H2,1H3/t14-,20-,21-,22+/m1/s1. The topological polar surface area (TPSA) is 39.9 Å². The van der Waals surface area contributed by atoms with Crippen LogP contribution in [-0.2, 0) is 17.1 Å². The minimum Gasteiger partial charge on any atom is -0.370 e. The maximum Gasteiger partial charge on any atom is 0.416 e. The van der Waals surface area contributed by atoms with Crippen LogP contribution in [0.15, 0.2) is 55.1 Å². The predicted octanol–water partition coefficient (Wildman–Crippen LogP) is 7.11. The van der Waals surface area contributed by atoms with Crippen molar-refractivity contribution in [3.05, 3.63) is 83.2 Å². The summed E-state index contributed by atoms with van der Waals surface area (Å²) in [5.74, 6) is -0.693. The Morgan fingerprint density at radius 3 is 2.00 bits per heavy atom. The molecule has 35 heavy (non-hydrogen) atoms. The van der Waals surface area contributed by atoms with Crippen LogP contribution in [0.5, 0.6) is 0 Å². The van der Waals surface area contributed by atoms with E-state index in [2.05, 4.69) is 10.2 Å². The normalized spacial score (nSPS) is 22.2. The third-order valence-corrected chi connectivity index (χ3v) is 6.37. The zero-order valence-electron chi connectivity index (χ0n) is 18.5. The van der Waals surface area contributed by atoms with Crippen LogP contribution < -0.4 is 0 Å². The van der Waals surface area contributed by atoms with Crippen LogP contribution in [0.4, 0.5) is 30.7 Å². The van der Waals surface area contributed by atoms with Gasteiger partial charge in [-0.05, 0) is 67.6 Å². The van der Waals surface area contributed by atoms with Gasteiger partial charge < -0.3 is 9.30 Å². The third-order valence-electron chi connectivity index (χ3n) is 6.37. The Morgan fingerprint density at radius 2 is 1.46 bits per heavy atom. The Bertz CT molecular complexity index is 1100. The second-order valence-electron chi connectivity index (χ2n) is 8.69. The van der Waals surface area contributed by atoms with Crippen LogP contribution in [0.1, 0.15) is 66.5 Å². The summed E-state index contributed by atoms with van der Waals surface area (Å²) >= 11 is 0. The summed E-state index contributed by atoms with van der Waals surface area (Å²) < 4.78 is 101. The first-order chi connectivity index (χ1) is 16.4. The first-order valence-electron chi connectivity index (χ1n) is 11.0. The van der Waals surface area contributed by atoms with Crippen molar-refractivity contribution in [1.82, 2.24) is 14.8 Å². The molecule has 188 valence electrons. The summed E-state index contributed by atoms with van der Waals surface area (Å²) in [6.45, 7) is 1.43. The Kier molecular flexibility index (Phi) is 6.90. The molecule has 1 aliphatic carbocycles. The van der Waals surface area contributed by atoms with Crippen LogP contribution in [0.25, 0.3) is 0 Å². The molecule has 0 spiro atoms. The molecule has 4 nitrogen and oxygen atoms in total.